The normalized spacial score (nSPS) is 11.7. The number of para-hydroxylation sites is 2. The average molecular weight is 298 g/mol. The molecule has 3 heteroatoms. The fraction of sp³-hybridized carbons (Fsp3) is 0.0500. The largest absolute Gasteiger partial charge is 0.456 e. The van der Waals surface area contributed by atoms with Gasteiger partial charge in [0.2, 0.25) is 0 Å². The van der Waals surface area contributed by atoms with Gasteiger partial charge in [0.05, 0.1) is 16.7 Å². The Morgan fingerprint density at radius 1 is 0.870 bits per heavy atom. The van der Waals surface area contributed by atoms with Crippen molar-refractivity contribution in [2.75, 3.05) is 0 Å². The van der Waals surface area contributed by atoms with E-state index >= 15 is 0 Å². The van der Waals surface area contributed by atoms with Crippen LogP contribution in [-0.4, -0.2) is 9.55 Å². The molecule has 0 radical (unpaired) electrons. The molecular weight excluding hydrogens is 284 g/mol. The number of fused-ring (bicyclic) bond motifs is 4. The van der Waals surface area contributed by atoms with E-state index in [0.717, 1.165) is 38.7 Å². The van der Waals surface area contributed by atoms with Crippen LogP contribution in [0.2, 0.25) is 0 Å². The van der Waals surface area contributed by atoms with Crippen LogP contribution in [0.5, 0.6) is 0 Å². The highest BCUT2D eigenvalue weighted by Crippen LogP contribution is 2.31. The molecule has 0 spiro atoms. The summed E-state index contributed by atoms with van der Waals surface area (Å²) in [4.78, 5) is 4.46. The van der Waals surface area contributed by atoms with Gasteiger partial charge in [0.15, 0.2) is 0 Å². The number of aromatic nitrogens is 2. The molecular formula is C20H14N2O. The fourth-order valence-corrected chi connectivity index (χ4v) is 3.19. The Morgan fingerprint density at radius 3 is 2.57 bits per heavy atom. The number of aryl methyl sites for hydroxylation is 1. The van der Waals surface area contributed by atoms with Gasteiger partial charge in [-0.15, -0.1) is 0 Å². The van der Waals surface area contributed by atoms with Crippen molar-refractivity contribution in [1.29, 1.82) is 0 Å². The van der Waals surface area contributed by atoms with Crippen molar-refractivity contribution in [2.45, 2.75) is 6.92 Å². The lowest BCUT2D eigenvalue weighted by Gasteiger charge is -2.03. The SMILES string of the molecule is Cc1ccc2c(c1)oc1cc(-n3cnc4ccccc43)ccc12. The Kier molecular flexibility index (Phi) is 2.42. The number of hydrogen-bond acceptors (Lipinski definition) is 2. The average Bonchev–Trinajstić information content (AvgIpc) is 3.14. The predicted octanol–water partition coefficient (Wildman–Crippen LogP) is 5.23. The summed E-state index contributed by atoms with van der Waals surface area (Å²) in [5.41, 5.74) is 6.19. The number of imidazole rings is 1. The van der Waals surface area contributed by atoms with Crippen LogP contribution in [0.15, 0.2) is 71.4 Å². The molecule has 0 unspecified atom stereocenters. The molecule has 2 heterocycles. The van der Waals surface area contributed by atoms with Crippen molar-refractivity contribution >= 4 is 33.0 Å². The zero-order chi connectivity index (χ0) is 15.4. The molecule has 3 nitrogen and oxygen atoms in total. The molecule has 0 atom stereocenters. The maximum atomic E-state index is 6.05. The van der Waals surface area contributed by atoms with Crippen LogP contribution < -0.4 is 0 Å². The molecule has 3 aromatic carbocycles. The highest BCUT2D eigenvalue weighted by Gasteiger charge is 2.10. The van der Waals surface area contributed by atoms with Gasteiger partial charge in [0.25, 0.3) is 0 Å². The quantitative estimate of drug-likeness (QED) is 0.424. The number of benzene rings is 3. The third kappa shape index (κ3) is 1.80. The van der Waals surface area contributed by atoms with E-state index < -0.39 is 0 Å². The minimum atomic E-state index is 0.904. The molecule has 0 fully saturated rings. The maximum Gasteiger partial charge on any atom is 0.137 e. The molecule has 110 valence electrons. The monoisotopic (exact) mass is 298 g/mol. The highest BCUT2D eigenvalue weighted by atomic mass is 16.3. The minimum Gasteiger partial charge on any atom is -0.456 e. The second kappa shape index (κ2) is 4.46. The molecule has 0 N–H and O–H groups in total. The van der Waals surface area contributed by atoms with Gasteiger partial charge in [0, 0.05) is 16.8 Å². The first-order chi connectivity index (χ1) is 11.3. The van der Waals surface area contributed by atoms with Crippen LogP contribution in [-0.2, 0) is 0 Å². The Balaban J connectivity index is 1.78. The Labute approximate surface area is 132 Å². The van der Waals surface area contributed by atoms with Gasteiger partial charge in [-0.3, -0.25) is 4.57 Å². The van der Waals surface area contributed by atoms with E-state index in [1.807, 2.05) is 24.5 Å². The maximum absolute atomic E-state index is 6.05. The highest BCUT2D eigenvalue weighted by molar-refractivity contribution is 6.05. The first-order valence-electron chi connectivity index (χ1n) is 7.65. The molecule has 0 aliphatic rings. The van der Waals surface area contributed by atoms with Crippen LogP contribution in [0.3, 0.4) is 0 Å². The van der Waals surface area contributed by atoms with Gasteiger partial charge in [-0.1, -0.05) is 24.3 Å². The Morgan fingerprint density at radius 2 is 1.65 bits per heavy atom. The number of nitrogens with zero attached hydrogens (tertiary/aromatic N) is 2. The van der Waals surface area contributed by atoms with E-state index in [4.69, 9.17) is 4.42 Å². The van der Waals surface area contributed by atoms with Gasteiger partial charge in [-0.2, -0.15) is 0 Å². The summed E-state index contributed by atoms with van der Waals surface area (Å²) in [5.74, 6) is 0. The van der Waals surface area contributed by atoms with Gasteiger partial charge in [0.1, 0.15) is 17.5 Å². The molecule has 0 saturated carbocycles. The van der Waals surface area contributed by atoms with Crippen molar-refractivity contribution in [3.8, 4) is 5.69 Å². The van der Waals surface area contributed by atoms with Crippen molar-refractivity contribution in [2.24, 2.45) is 0 Å². The minimum absolute atomic E-state index is 0.904. The molecule has 0 aliphatic heterocycles. The van der Waals surface area contributed by atoms with E-state index in [1.54, 1.807) is 0 Å². The zero-order valence-corrected chi connectivity index (χ0v) is 12.7. The van der Waals surface area contributed by atoms with E-state index in [9.17, 15) is 0 Å². The Hall–Kier alpha value is -3.07. The van der Waals surface area contributed by atoms with Gasteiger partial charge in [-0.05, 0) is 42.8 Å². The standard InChI is InChI=1S/C20H14N2O/c1-13-6-8-15-16-9-7-14(11-20(16)23-19(15)10-13)22-12-21-17-4-2-3-5-18(17)22/h2-12H,1H3. The van der Waals surface area contributed by atoms with Crippen LogP contribution in [0.4, 0.5) is 0 Å². The zero-order valence-electron chi connectivity index (χ0n) is 12.7. The molecule has 0 bridgehead atoms. The number of rotatable bonds is 1. The van der Waals surface area contributed by atoms with Crippen LogP contribution in [0.1, 0.15) is 5.56 Å². The van der Waals surface area contributed by atoms with Crippen LogP contribution in [0, 0.1) is 6.92 Å². The van der Waals surface area contributed by atoms with Gasteiger partial charge in [-0.25, -0.2) is 4.98 Å². The van der Waals surface area contributed by atoms with Crippen molar-refractivity contribution in [1.82, 2.24) is 9.55 Å². The number of furan rings is 1. The fourth-order valence-electron chi connectivity index (χ4n) is 3.19. The van der Waals surface area contributed by atoms with Crippen LogP contribution in [0.25, 0.3) is 38.7 Å². The molecule has 5 rings (SSSR count). The van der Waals surface area contributed by atoms with E-state index in [0.29, 0.717) is 0 Å². The van der Waals surface area contributed by atoms with Crippen molar-refractivity contribution in [3.05, 3.63) is 72.6 Å². The molecule has 0 aliphatic carbocycles. The van der Waals surface area contributed by atoms with Crippen molar-refractivity contribution < 1.29 is 4.42 Å². The molecule has 0 amide bonds. The van der Waals surface area contributed by atoms with Gasteiger partial charge < -0.3 is 4.42 Å². The molecule has 5 aromatic rings. The summed E-state index contributed by atoms with van der Waals surface area (Å²) in [5, 5.41) is 2.31. The summed E-state index contributed by atoms with van der Waals surface area (Å²) < 4.78 is 8.14. The van der Waals surface area contributed by atoms with Gasteiger partial charge >= 0.3 is 0 Å². The smallest absolute Gasteiger partial charge is 0.137 e. The summed E-state index contributed by atoms with van der Waals surface area (Å²) in [6.07, 6.45) is 1.86. The second-order valence-corrected chi connectivity index (χ2v) is 5.89. The molecule has 0 saturated heterocycles. The third-order valence-electron chi connectivity index (χ3n) is 4.34. The predicted molar refractivity (Wildman–Crippen MR) is 93.1 cm³/mol. The lowest BCUT2D eigenvalue weighted by atomic mass is 10.1. The lowest BCUT2D eigenvalue weighted by Crippen LogP contribution is -1.90. The summed E-state index contributed by atoms with van der Waals surface area (Å²) >= 11 is 0. The summed E-state index contributed by atoms with van der Waals surface area (Å²) in [6, 6.07) is 20.8. The topological polar surface area (TPSA) is 31.0 Å². The Bertz CT molecular complexity index is 1180. The number of hydrogen-bond donors (Lipinski definition) is 0. The molecule has 2 aromatic heterocycles. The second-order valence-electron chi connectivity index (χ2n) is 5.89. The first kappa shape index (κ1) is 12.5. The van der Waals surface area contributed by atoms with E-state index in [-0.39, 0.29) is 0 Å². The van der Waals surface area contributed by atoms with Crippen LogP contribution >= 0.6 is 0 Å². The van der Waals surface area contributed by atoms with E-state index in [1.165, 1.54) is 5.56 Å². The lowest BCUT2D eigenvalue weighted by molar-refractivity contribution is 0.668. The first-order valence-corrected chi connectivity index (χ1v) is 7.65. The van der Waals surface area contributed by atoms with Crippen molar-refractivity contribution in [3.63, 3.8) is 0 Å². The molecule has 23 heavy (non-hydrogen) atoms. The summed E-state index contributed by atoms with van der Waals surface area (Å²) in [6.45, 7) is 2.08. The van der Waals surface area contributed by atoms with E-state index in [2.05, 4.69) is 58.9 Å². The third-order valence-corrected chi connectivity index (χ3v) is 4.34. The summed E-state index contributed by atoms with van der Waals surface area (Å²) in [7, 11) is 0.